The van der Waals surface area contributed by atoms with Gasteiger partial charge in [0.2, 0.25) is 11.9 Å². The highest BCUT2D eigenvalue weighted by molar-refractivity contribution is 5.95. The van der Waals surface area contributed by atoms with E-state index in [4.69, 9.17) is 5.73 Å². The maximum atomic E-state index is 12.4. The number of H-pyrrole nitrogens is 1. The van der Waals surface area contributed by atoms with Crippen molar-refractivity contribution < 1.29 is 4.79 Å². The van der Waals surface area contributed by atoms with E-state index in [1.807, 2.05) is 38.1 Å². The van der Waals surface area contributed by atoms with E-state index in [0.717, 1.165) is 11.0 Å². The Morgan fingerprint density at radius 3 is 2.55 bits per heavy atom. The van der Waals surface area contributed by atoms with Gasteiger partial charge in [-0.05, 0) is 25.0 Å². The van der Waals surface area contributed by atoms with Gasteiger partial charge < -0.3 is 10.7 Å². The quantitative estimate of drug-likeness (QED) is 0.793. The molecule has 2 aromatic rings. The molecule has 0 bridgehead atoms. The first-order chi connectivity index (χ1) is 9.15. The Morgan fingerprint density at radius 1 is 1.35 bits per heavy atom. The molecular weight excluding hydrogens is 276 g/mol. The molecular formula is C14H21ClN4O. The molecule has 5 nitrogen and oxygen atoms in total. The first-order valence-corrected chi connectivity index (χ1v) is 6.61. The molecule has 110 valence electrons. The lowest BCUT2D eigenvalue weighted by atomic mass is 9.81. The molecule has 0 atom stereocenters. The summed E-state index contributed by atoms with van der Waals surface area (Å²) in [7, 11) is 0. The van der Waals surface area contributed by atoms with E-state index >= 15 is 0 Å². The summed E-state index contributed by atoms with van der Waals surface area (Å²) in [6.07, 6.45) is 1.43. The standard InChI is InChI=1S/C14H20N4O.ClH/c1-3-14(4-2,9-15)12(19)18-13-16-10-7-5-6-8-11(10)17-13;/h5-8H,3-4,9,15H2,1-2H3,(H2,16,17,18,19);1H. The lowest BCUT2D eigenvalue weighted by molar-refractivity contribution is -0.125. The lowest BCUT2D eigenvalue weighted by Crippen LogP contribution is -2.41. The molecule has 20 heavy (non-hydrogen) atoms. The van der Waals surface area contributed by atoms with Crippen LogP contribution < -0.4 is 11.1 Å². The van der Waals surface area contributed by atoms with Gasteiger partial charge in [-0.25, -0.2) is 4.98 Å². The van der Waals surface area contributed by atoms with E-state index in [-0.39, 0.29) is 18.3 Å². The average Bonchev–Trinajstić information content (AvgIpc) is 2.83. The molecule has 0 aliphatic carbocycles. The van der Waals surface area contributed by atoms with Crippen molar-refractivity contribution in [1.82, 2.24) is 9.97 Å². The molecule has 0 radical (unpaired) electrons. The number of fused-ring (bicyclic) bond motifs is 1. The number of anilines is 1. The first kappa shape index (κ1) is 16.5. The number of carbonyl (C=O) groups excluding carboxylic acids is 1. The summed E-state index contributed by atoms with van der Waals surface area (Å²) >= 11 is 0. The van der Waals surface area contributed by atoms with Crippen molar-refractivity contribution in [3.8, 4) is 0 Å². The van der Waals surface area contributed by atoms with Crippen LogP contribution >= 0.6 is 12.4 Å². The summed E-state index contributed by atoms with van der Waals surface area (Å²) in [5.74, 6) is 0.407. The molecule has 6 heteroatoms. The lowest BCUT2D eigenvalue weighted by Gasteiger charge is -2.27. The highest BCUT2D eigenvalue weighted by atomic mass is 35.5. The summed E-state index contributed by atoms with van der Waals surface area (Å²) in [5, 5.41) is 2.84. The number of amides is 1. The average molecular weight is 297 g/mol. The van der Waals surface area contributed by atoms with Crippen LogP contribution in [0.5, 0.6) is 0 Å². The van der Waals surface area contributed by atoms with Crippen LogP contribution in [0.2, 0.25) is 0 Å². The van der Waals surface area contributed by atoms with E-state index in [1.54, 1.807) is 0 Å². The number of aromatic nitrogens is 2. The van der Waals surface area contributed by atoms with E-state index in [0.29, 0.717) is 25.3 Å². The molecule has 1 heterocycles. The maximum Gasteiger partial charge on any atom is 0.234 e. The summed E-state index contributed by atoms with van der Waals surface area (Å²) in [5.41, 5.74) is 7.00. The first-order valence-electron chi connectivity index (χ1n) is 6.61. The van der Waals surface area contributed by atoms with Gasteiger partial charge in [0.15, 0.2) is 0 Å². The predicted octanol–water partition coefficient (Wildman–Crippen LogP) is 2.69. The monoisotopic (exact) mass is 296 g/mol. The van der Waals surface area contributed by atoms with Gasteiger partial charge in [0.05, 0.1) is 16.4 Å². The SMILES string of the molecule is CCC(CC)(CN)C(=O)Nc1nc2ccccc2[nH]1.Cl. The highest BCUT2D eigenvalue weighted by Crippen LogP contribution is 2.26. The number of carbonyl (C=O) groups is 1. The second-order valence-corrected chi connectivity index (χ2v) is 4.75. The van der Waals surface area contributed by atoms with Crippen molar-refractivity contribution in [1.29, 1.82) is 0 Å². The van der Waals surface area contributed by atoms with E-state index in [1.165, 1.54) is 0 Å². The second kappa shape index (κ2) is 6.72. The molecule has 0 saturated carbocycles. The van der Waals surface area contributed by atoms with Crippen molar-refractivity contribution >= 4 is 35.3 Å². The number of hydrogen-bond donors (Lipinski definition) is 3. The minimum atomic E-state index is -0.515. The number of imidazole rings is 1. The second-order valence-electron chi connectivity index (χ2n) is 4.75. The molecule has 0 spiro atoms. The van der Waals surface area contributed by atoms with Crippen LogP contribution in [0.25, 0.3) is 11.0 Å². The molecule has 2 rings (SSSR count). The number of hydrogen-bond acceptors (Lipinski definition) is 3. The largest absolute Gasteiger partial charge is 0.329 e. The summed E-state index contributed by atoms with van der Waals surface area (Å²) in [6.45, 7) is 4.30. The van der Waals surface area contributed by atoms with Crippen molar-refractivity contribution in [3.05, 3.63) is 24.3 Å². The van der Waals surface area contributed by atoms with Crippen LogP contribution in [0.3, 0.4) is 0 Å². The molecule has 0 aliphatic heterocycles. The number of nitrogens with zero attached hydrogens (tertiary/aromatic N) is 1. The fraction of sp³-hybridized carbons (Fsp3) is 0.429. The normalized spacial score (nSPS) is 11.2. The molecule has 0 aliphatic rings. The maximum absolute atomic E-state index is 12.4. The van der Waals surface area contributed by atoms with Crippen molar-refractivity contribution in [3.63, 3.8) is 0 Å². The number of para-hydroxylation sites is 2. The van der Waals surface area contributed by atoms with Gasteiger partial charge in [-0.3, -0.25) is 10.1 Å². The van der Waals surface area contributed by atoms with Gasteiger partial charge in [0.1, 0.15) is 0 Å². The third-order valence-corrected chi connectivity index (χ3v) is 3.85. The summed E-state index contributed by atoms with van der Waals surface area (Å²) in [4.78, 5) is 19.8. The molecule has 4 N–H and O–H groups in total. The summed E-state index contributed by atoms with van der Waals surface area (Å²) in [6, 6.07) is 7.66. The predicted molar refractivity (Wildman–Crippen MR) is 84.0 cm³/mol. The molecule has 0 unspecified atom stereocenters. The summed E-state index contributed by atoms with van der Waals surface area (Å²) < 4.78 is 0. The van der Waals surface area contributed by atoms with E-state index in [9.17, 15) is 4.79 Å². The zero-order valence-corrected chi connectivity index (χ0v) is 12.6. The fourth-order valence-corrected chi connectivity index (χ4v) is 2.20. The Balaban J connectivity index is 0.00000200. The Bertz CT molecular complexity index is 536. The van der Waals surface area contributed by atoms with Crippen LogP contribution in [0.15, 0.2) is 24.3 Å². The molecule has 0 fully saturated rings. The molecule has 1 aromatic heterocycles. The molecule has 1 aromatic carbocycles. The van der Waals surface area contributed by atoms with Gasteiger partial charge in [0, 0.05) is 6.54 Å². The molecule has 0 saturated heterocycles. The Morgan fingerprint density at radius 2 is 2.00 bits per heavy atom. The van der Waals surface area contributed by atoms with Gasteiger partial charge in [-0.2, -0.15) is 0 Å². The molecule has 1 amide bonds. The number of nitrogens with two attached hydrogens (primary N) is 1. The number of rotatable bonds is 5. The number of aromatic amines is 1. The van der Waals surface area contributed by atoms with Crippen molar-refractivity contribution in [2.24, 2.45) is 11.1 Å². The van der Waals surface area contributed by atoms with Crippen LogP contribution in [-0.2, 0) is 4.79 Å². The Kier molecular flexibility index (Phi) is 5.53. The number of nitrogens with one attached hydrogen (secondary N) is 2. The Labute approximate surface area is 124 Å². The highest BCUT2D eigenvalue weighted by Gasteiger charge is 2.33. The minimum Gasteiger partial charge on any atom is -0.329 e. The van der Waals surface area contributed by atoms with Crippen LogP contribution in [0.4, 0.5) is 5.95 Å². The van der Waals surface area contributed by atoms with E-state index in [2.05, 4.69) is 15.3 Å². The van der Waals surface area contributed by atoms with Crippen LogP contribution in [0.1, 0.15) is 26.7 Å². The van der Waals surface area contributed by atoms with Gasteiger partial charge >= 0.3 is 0 Å². The van der Waals surface area contributed by atoms with Crippen LogP contribution in [0, 0.1) is 5.41 Å². The third-order valence-electron chi connectivity index (χ3n) is 3.85. The fourth-order valence-electron chi connectivity index (χ4n) is 2.20. The smallest absolute Gasteiger partial charge is 0.234 e. The zero-order chi connectivity index (χ0) is 13.9. The topological polar surface area (TPSA) is 83.8 Å². The number of halogens is 1. The van der Waals surface area contributed by atoms with Crippen molar-refractivity contribution in [2.75, 3.05) is 11.9 Å². The van der Waals surface area contributed by atoms with Gasteiger partial charge in [0.25, 0.3) is 0 Å². The van der Waals surface area contributed by atoms with Gasteiger partial charge in [-0.1, -0.05) is 26.0 Å². The van der Waals surface area contributed by atoms with Crippen molar-refractivity contribution in [2.45, 2.75) is 26.7 Å². The zero-order valence-electron chi connectivity index (χ0n) is 11.8. The Hall–Kier alpha value is -1.59. The van der Waals surface area contributed by atoms with E-state index < -0.39 is 5.41 Å². The minimum absolute atomic E-state index is 0. The number of benzene rings is 1. The van der Waals surface area contributed by atoms with Crippen LogP contribution in [-0.4, -0.2) is 22.4 Å². The van der Waals surface area contributed by atoms with Gasteiger partial charge in [-0.15, -0.1) is 12.4 Å². The third kappa shape index (κ3) is 2.94.